The van der Waals surface area contributed by atoms with Gasteiger partial charge in [-0.2, -0.15) is 0 Å². The number of hydrogen-bond donors (Lipinski definition) is 0. The van der Waals surface area contributed by atoms with Crippen molar-refractivity contribution in [2.45, 2.75) is 111 Å². The van der Waals surface area contributed by atoms with E-state index in [1.54, 1.807) is 52.4 Å². The summed E-state index contributed by atoms with van der Waals surface area (Å²) in [6.07, 6.45) is 5.95. The van der Waals surface area contributed by atoms with Gasteiger partial charge in [0.25, 0.3) is 0 Å². The van der Waals surface area contributed by atoms with E-state index in [0.717, 1.165) is 12.0 Å². The maximum absolute atomic E-state index is 13.5. The van der Waals surface area contributed by atoms with E-state index in [4.69, 9.17) is 28.1 Å². The third-order valence-electron chi connectivity index (χ3n) is 12.7. The van der Waals surface area contributed by atoms with Crippen LogP contribution in [0.15, 0.2) is 57.5 Å². The fourth-order valence-corrected chi connectivity index (χ4v) is 10.2. The molecule has 2 unspecified atom stereocenters. The second kappa shape index (κ2) is 11.5. The number of methoxy groups -OCH3 is 1. The topological polar surface area (TPSA) is 111 Å². The van der Waals surface area contributed by atoms with Gasteiger partial charge in [0, 0.05) is 52.1 Å². The molecular formula is C37H48O9. The maximum atomic E-state index is 13.5. The zero-order valence-corrected chi connectivity index (χ0v) is 28.5. The minimum absolute atomic E-state index is 0.112. The predicted octanol–water partition coefficient (Wildman–Crippen LogP) is 6.24. The van der Waals surface area contributed by atoms with E-state index in [1.165, 1.54) is 18.3 Å². The molecule has 4 fully saturated rings. The Kier molecular flexibility index (Phi) is 8.20. The van der Waals surface area contributed by atoms with E-state index in [1.807, 2.05) is 6.07 Å². The normalized spacial score (nSPS) is 41.5. The molecule has 2 aliphatic heterocycles. The van der Waals surface area contributed by atoms with Crippen LogP contribution in [0.1, 0.15) is 86.1 Å². The van der Waals surface area contributed by atoms with Crippen LogP contribution in [0, 0.1) is 28.1 Å². The van der Waals surface area contributed by atoms with Crippen molar-refractivity contribution in [1.29, 1.82) is 0 Å². The fourth-order valence-electron chi connectivity index (χ4n) is 10.2. The predicted molar refractivity (Wildman–Crippen MR) is 168 cm³/mol. The van der Waals surface area contributed by atoms with Crippen LogP contribution in [-0.2, 0) is 38.1 Å². The number of carbonyl (C=O) groups is 3. The van der Waals surface area contributed by atoms with Gasteiger partial charge in [-0.3, -0.25) is 4.79 Å². The van der Waals surface area contributed by atoms with Crippen LogP contribution in [0.25, 0.3) is 0 Å². The van der Waals surface area contributed by atoms with Crippen LogP contribution in [0.4, 0.5) is 0 Å². The van der Waals surface area contributed by atoms with Gasteiger partial charge in [0.05, 0.1) is 44.6 Å². The lowest BCUT2D eigenvalue weighted by atomic mass is 9.40. The zero-order valence-electron chi connectivity index (χ0n) is 28.5. The third kappa shape index (κ3) is 4.51. The average molecular weight is 637 g/mol. The van der Waals surface area contributed by atoms with E-state index in [2.05, 4.69) is 27.7 Å². The van der Waals surface area contributed by atoms with Gasteiger partial charge >= 0.3 is 17.9 Å². The highest BCUT2D eigenvalue weighted by molar-refractivity contribution is 5.88. The van der Waals surface area contributed by atoms with Crippen molar-refractivity contribution in [2.75, 3.05) is 13.7 Å². The summed E-state index contributed by atoms with van der Waals surface area (Å²) in [6, 6.07) is 2.00. The van der Waals surface area contributed by atoms with Gasteiger partial charge in [-0.15, -0.1) is 0 Å². The Morgan fingerprint density at radius 2 is 1.65 bits per heavy atom. The van der Waals surface area contributed by atoms with Gasteiger partial charge in [0.15, 0.2) is 0 Å². The summed E-state index contributed by atoms with van der Waals surface area (Å²) in [7, 11) is 1.41. The van der Waals surface area contributed by atoms with Crippen molar-refractivity contribution < 1.29 is 42.5 Å². The summed E-state index contributed by atoms with van der Waals surface area (Å²) in [5, 5.41) is 0. The Labute approximate surface area is 271 Å². The molecule has 3 aliphatic carbocycles. The number of allylic oxidation sites excluding steroid dienone is 3. The summed E-state index contributed by atoms with van der Waals surface area (Å²) >= 11 is 0. The molecule has 46 heavy (non-hydrogen) atoms. The second-order valence-electron chi connectivity index (χ2n) is 14.7. The summed E-state index contributed by atoms with van der Waals surface area (Å²) in [5.74, 6) is -1.62. The number of carbonyl (C=O) groups excluding carboxylic acids is 3. The molecule has 0 amide bonds. The van der Waals surface area contributed by atoms with Crippen LogP contribution in [-0.4, -0.2) is 62.1 Å². The molecule has 1 aromatic heterocycles. The van der Waals surface area contributed by atoms with Crippen LogP contribution in [0.3, 0.4) is 0 Å². The van der Waals surface area contributed by atoms with Gasteiger partial charge in [-0.1, -0.05) is 38.5 Å². The summed E-state index contributed by atoms with van der Waals surface area (Å²) in [6.45, 7) is 16.0. The number of furan rings is 1. The number of fused-ring (bicyclic) bond motifs is 4. The first-order valence-corrected chi connectivity index (χ1v) is 16.5. The number of ether oxygens (including phenoxy) is 5. The highest BCUT2D eigenvalue weighted by Crippen LogP contribution is 2.74. The maximum Gasteiger partial charge on any atom is 0.333 e. The lowest BCUT2D eigenvalue weighted by Crippen LogP contribution is -2.71. The van der Waals surface area contributed by atoms with Gasteiger partial charge in [0.1, 0.15) is 12.2 Å². The molecular weight excluding hydrogens is 588 g/mol. The van der Waals surface area contributed by atoms with E-state index in [9.17, 15) is 14.4 Å². The number of hydrogen-bond acceptors (Lipinski definition) is 9. The molecule has 11 atom stereocenters. The first-order valence-electron chi connectivity index (χ1n) is 16.5. The molecule has 9 nitrogen and oxygen atoms in total. The Balaban J connectivity index is 1.53. The van der Waals surface area contributed by atoms with Crippen molar-refractivity contribution in [2.24, 2.45) is 28.1 Å². The van der Waals surface area contributed by atoms with Gasteiger partial charge < -0.3 is 28.1 Å². The standard InChI is InChI=1S/C37H48O9/c1-10-19(3)33(39)45-26-16-27(46-34(40)20(4)11-2)36(7)25(15-28(38)41-9)37(8)29-21(5)23(22-12-13-42-17-22)14-24(29)44-32(37)30-31(36)35(26,6)18-43-30/h10-13,17,23-27,30-32H,14-16,18H2,1-9H3/b19-10+,20-11+/t23-,24-,25-,26-,27+,30?,31?,32-,35-,36+,37-/m1/s1. The zero-order chi connectivity index (χ0) is 33.3. The largest absolute Gasteiger partial charge is 0.472 e. The van der Waals surface area contributed by atoms with Crippen molar-refractivity contribution in [3.8, 4) is 0 Å². The molecule has 9 heteroatoms. The highest BCUT2D eigenvalue weighted by Gasteiger charge is 2.78. The van der Waals surface area contributed by atoms with Gasteiger partial charge in [-0.25, -0.2) is 9.59 Å². The molecule has 0 bridgehead atoms. The fraction of sp³-hybridized carbons (Fsp3) is 0.649. The molecule has 0 aromatic carbocycles. The summed E-state index contributed by atoms with van der Waals surface area (Å²) in [5.41, 5.74) is 2.49. The monoisotopic (exact) mass is 636 g/mol. The minimum atomic E-state index is -0.767. The average Bonchev–Trinajstić information content (AvgIpc) is 3.81. The van der Waals surface area contributed by atoms with Crippen molar-refractivity contribution in [3.05, 3.63) is 58.6 Å². The van der Waals surface area contributed by atoms with Gasteiger partial charge in [-0.05, 0) is 64.2 Å². The SMILES string of the molecule is C/C=C(\C)C(=O)O[C@H]1C[C@@H](OC(=O)/C(C)=C/C)[C@@]2(C)COC3C2[C@@]1(C)[C@@H](CC(=O)OC)[C@]1(C)C2=C(C)[C@H](c4ccoc4)C[C@H]2O[C@H]31. The van der Waals surface area contributed by atoms with E-state index in [0.29, 0.717) is 17.8 Å². The second-order valence-corrected chi connectivity index (χ2v) is 14.7. The lowest BCUT2D eigenvalue weighted by Gasteiger charge is -2.65. The van der Waals surface area contributed by atoms with Gasteiger partial charge in [0.2, 0.25) is 0 Å². The molecule has 250 valence electrons. The van der Waals surface area contributed by atoms with E-state index < -0.39 is 40.4 Å². The molecule has 2 saturated heterocycles. The smallest absolute Gasteiger partial charge is 0.333 e. The molecule has 0 N–H and O–H groups in total. The summed E-state index contributed by atoms with van der Waals surface area (Å²) in [4.78, 5) is 40.1. The Bertz CT molecular complexity index is 1500. The Hall–Kier alpha value is -3.17. The van der Waals surface area contributed by atoms with E-state index >= 15 is 0 Å². The molecule has 2 saturated carbocycles. The number of esters is 3. The molecule has 5 aliphatic rings. The highest BCUT2D eigenvalue weighted by atomic mass is 16.6. The van der Waals surface area contributed by atoms with Crippen LogP contribution in [0.5, 0.6) is 0 Å². The third-order valence-corrected chi connectivity index (χ3v) is 12.7. The minimum Gasteiger partial charge on any atom is -0.472 e. The first kappa shape index (κ1) is 32.8. The van der Waals surface area contributed by atoms with Crippen LogP contribution >= 0.6 is 0 Å². The Morgan fingerprint density at radius 3 is 2.24 bits per heavy atom. The van der Waals surface area contributed by atoms with Crippen molar-refractivity contribution >= 4 is 17.9 Å². The molecule has 0 radical (unpaired) electrons. The van der Waals surface area contributed by atoms with Crippen molar-refractivity contribution in [3.63, 3.8) is 0 Å². The van der Waals surface area contributed by atoms with Crippen molar-refractivity contribution in [1.82, 2.24) is 0 Å². The Morgan fingerprint density at radius 1 is 1.00 bits per heavy atom. The molecule has 1 aromatic rings. The van der Waals surface area contributed by atoms with Crippen LogP contribution in [0.2, 0.25) is 0 Å². The number of rotatable bonds is 7. The van der Waals surface area contributed by atoms with E-state index in [-0.39, 0.29) is 54.9 Å². The molecule has 3 heterocycles. The lowest BCUT2D eigenvalue weighted by molar-refractivity contribution is -0.251. The first-order chi connectivity index (χ1) is 21.8. The molecule has 6 rings (SSSR count). The molecule has 0 spiro atoms. The quantitative estimate of drug-likeness (QED) is 0.149. The van der Waals surface area contributed by atoms with Crippen LogP contribution < -0.4 is 0 Å². The summed E-state index contributed by atoms with van der Waals surface area (Å²) < 4.78 is 37.3.